The fourth-order valence-corrected chi connectivity index (χ4v) is 4.87. The van der Waals surface area contributed by atoms with Gasteiger partial charge in [-0.2, -0.15) is 0 Å². The van der Waals surface area contributed by atoms with Crippen LogP contribution in [0, 0.1) is 5.92 Å². The van der Waals surface area contributed by atoms with Crippen molar-refractivity contribution in [3.63, 3.8) is 0 Å². The van der Waals surface area contributed by atoms with E-state index in [0.717, 1.165) is 13.0 Å². The Bertz CT molecular complexity index is 380. The predicted molar refractivity (Wildman–Crippen MR) is 74.5 cm³/mol. The average Bonchev–Trinajstić information content (AvgIpc) is 2.57. The number of hydrogen-bond acceptors (Lipinski definition) is 4. The quantitative estimate of drug-likeness (QED) is 0.808. The first-order valence-electron chi connectivity index (χ1n) is 7.05. The largest absolute Gasteiger partial charge is 0.314 e. The number of nitrogens with one attached hydrogen (secondary N) is 1. The van der Waals surface area contributed by atoms with Crippen LogP contribution in [0.5, 0.6) is 0 Å². The molecular weight excluding hydrogens is 248 g/mol. The van der Waals surface area contributed by atoms with E-state index < -0.39 is 9.84 Å². The molecule has 2 rings (SSSR count). The Hall–Kier alpha value is -0.130. The van der Waals surface area contributed by atoms with E-state index in [4.69, 9.17) is 0 Å². The van der Waals surface area contributed by atoms with Crippen LogP contribution in [0.1, 0.15) is 33.1 Å². The summed E-state index contributed by atoms with van der Waals surface area (Å²) in [5.74, 6) is 1.44. The molecule has 1 N–H and O–H groups in total. The summed E-state index contributed by atoms with van der Waals surface area (Å²) in [4.78, 5) is 2.33. The van der Waals surface area contributed by atoms with E-state index in [1.54, 1.807) is 0 Å². The molecule has 0 aromatic carbocycles. The predicted octanol–water partition coefficient (Wildman–Crippen LogP) is 0.882. The maximum Gasteiger partial charge on any atom is 0.151 e. The molecule has 1 aliphatic heterocycles. The van der Waals surface area contributed by atoms with Crippen LogP contribution in [0.3, 0.4) is 0 Å². The highest BCUT2D eigenvalue weighted by atomic mass is 32.2. The van der Waals surface area contributed by atoms with Crippen molar-refractivity contribution < 1.29 is 8.42 Å². The molecule has 1 saturated carbocycles. The Morgan fingerprint density at radius 3 is 2.44 bits per heavy atom. The lowest BCUT2D eigenvalue weighted by Crippen LogP contribution is -2.53. The molecule has 1 aliphatic carbocycles. The number of nitrogens with zero attached hydrogens (tertiary/aromatic N) is 1. The van der Waals surface area contributed by atoms with Crippen LogP contribution in [-0.4, -0.2) is 56.5 Å². The molecule has 0 aromatic rings. The van der Waals surface area contributed by atoms with Gasteiger partial charge in [-0.05, 0) is 38.8 Å². The summed E-state index contributed by atoms with van der Waals surface area (Å²) in [6.45, 7) is 5.40. The van der Waals surface area contributed by atoms with Gasteiger partial charge in [-0.1, -0.05) is 13.8 Å². The standard InChI is InChI=1S/C13H26N2O2S/c1-10(2)14-8-11-4-5-13(11)15(3)12-6-7-18(16,17)9-12/h10-14H,4-9H2,1-3H3. The Labute approximate surface area is 111 Å². The molecule has 2 fully saturated rings. The van der Waals surface area contributed by atoms with Crippen molar-refractivity contribution >= 4 is 9.84 Å². The smallest absolute Gasteiger partial charge is 0.151 e. The molecule has 0 aromatic heterocycles. The lowest BCUT2D eigenvalue weighted by Gasteiger charge is -2.45. The first kappa shape index (κ1) is 14.3. The normalized spacial score (nSPS) is 35.1. The van der Waals surface area contributed by atoms with Gasteiger partial charge >= 0.3 is 0 Å². The van der Waals surface area contributed by atoms with Gasteiger partial charge in [0, 0.05) is 18.1 Å². The van der Waals surface area contributed by atoms with E-state index in [1.807, 2.05) is 0 Å². The van der Waals surface area contributed by atoms with E-state index in [9.17, 15) is 8.42 Å². The minimum atomic E-state index is -2.76. The second-order valence-electron chi connectivity index (χ2n) is 6.19. The Kier molecular flexibility index (Phi) is 4.34. The third-order valence-corrected chi connectivity index (χ3v) is 6.22. The first-order valence-corrected chi connectivity index (χ1v) is 8.87. The monoisotopic (exact) mass is 274 g/mol. The fourth-order valence-electron chi connectivity index (χ4n) is 3.08. The van der Waals surface area contributed by atoms with Gasteiger partial charge in [0.25, 0.3) is 0 Å². The van der Waals surface area contributed by atoms with Crippen molar-refractivity contribution in [3.8, 4) is 0 Å². The van der Waals surface area contributed by atoms with Crippen molar-refractivity contribution in [2.24, 2.45) is 5.92 Å². The summed E-state index contributed by atoms with van der Waals surface area (Å²) in [5, 5.41) is 3.49. The SMILES string of the molecule is CC(C)NCC1CCC1N(C)C1CCS(=O)(=O)C1. The molecule has 5 heteroatoms. The topological polar surface area (TPSA) is 49.4 Å². The Balaban J connectivity index is 1.84. The van der Waals surface area contributed by atoms with Crippen molar-refractivity contribution in [1.29, 1.82) is 0 Å². The number of hydrogen-bond donors (Lipinski definition) is 1. The molecule has 3 atom stereocenters. The number of sulfone groups is 1. The Morgan fingerprint density at radius 2 is 2.00 bits per heavy atom. The zero-order valence-electron chi connectivity index (χ0n) is 11.7. The van der Waals surface area contributed by atoms with Gasteiger partial charge in [0.1, 0.15) is 0 Å². The minimum absolute atomic E-state index is 0.252. The van der Waals surface area contributed by atoms with Gasteiger partial charge in [-0.3, -0.25) is 4.90 Å². The maximum absolute atomic E-state index is 11.5. The van der Waals surface area contributed by atoms with E-state index in [-0.39, 0.29) is 6.04 Å². The van der Waals surface area contributed by atoms with Crippen LogP contribution in [0.25, 0.3) is 0 Å². The van der Waals surface area contributed by atoms with Gasteiger partial charge in [0.2, 0.25) is 0 Å². The van der Waals surface area contributed by atoms with Crippen molar-refractivity contribution in [2.45, 2.75) is 51.2 Å². The van der Waals surface area contributed by atoms with E-state index >= 15 is 0 Å². The number of rotatable bonds is 5. The molecule has 4 nitrogen and oxygen atoms in total. The summed E-state index contributed by atoms with van der Waals surface area (Å²) in [6.07, 6.45) is 3.31. The highest BCUT2D eigenvalue weighted by molar-refractivity contribution is 7.91. The third kappa shape index (κ3) is 3.25. The first-order chi connectivity index (χ1) is 8.39. The summed E-state index contributed by atoms with van der Waals surface area (Å²) in [5.41, 5.74) is 0. The van der Waals surface area contributed by atoms with Crippen LogP contribution in [0.4, 0.5) is 0 Å². The summed E-state index contributed by atoms with van der Waals surface area (Å²) < 4.78 is 23.1. The van der Waals surface area contributed by atoms with Gasteiger partial charge in [-0.25, -0.2) is 8.42 Å². The zero-order valence-corrected chi connectivity index (χ0v) is 12.5. The highest BCUT2D eigenvalue weighted by Gasteiger charge is 2.39. The molecule has 0 amide bonds. The van der Waals surface area contributed by atoms with Gasteiger partial charge < -0.3 is 5.32 Å². The maximum atomic E-state index is 11.5. The van der Waals surface area contributed by atoms with Crippen LogP contribution in [-0.2, 0) is 9.84 Å². The fraction of sp³-hybridized carbons (Fsp3) is 1.00. The summed E-state index contributed by atoms with van der Waals surface area (Å²) >= 11 is 0. The van der Waals surface area contributed by atoms with Crippen LogP contribution >= 0.6 is 0 Å². The molecule has 1 heterocycles. The molecule has 0 bridgehead atoms. The van der Waals surface area contributed by atoms with Crippen molar-refractivity contribution in [1.82, 2.24) is 10.2 Å². The molecule has 106 valence electrons. The van der Waals surface area contributed by atoms with Crippen LogP contribution in [0.15, 0.2) is 0 Å². The molecular formula is C13H26N2O2S. The lowest BCUT2D eigenvalue weighted by atomic mass is 9.78. The molecule has 0 radical (unpaired) electrons. The molecule has 3 unspecified atom stereocenters. The zero-order chi connectivity index (χ0) is 13.3. The summed E-state index contributed by atoms with van der Waals surface area (Å²) in [7, 11) is -0.650. The second-order valence-corrected chi connectivity index (χ2v) is 8.42. The molecule has 0 spiro atoms. The van der Waals surface area contributed by atoms with Gasteiger partial charge in [0.05, 0.1) is 11.5 Å². The molecule has 1 saturated heterocycles. The van der Waals surface area contributed by atoms with Gasteiger partial charge in [0.15, 0.2) is 9.84 Å². The molecule has 2 aliphatic rings. The third-order valence-electron chi connectivity index (χ3n) is 4.47. The molecule has 18 heavy (non-hydrogen) atoms. The van der Waals surface area contributed by atoms with Gasteiger partial charge in [-0.15, -0.1) is 0 Å². The minimum Gasteiger partial charge on any atom is -0.314 e. The van der Waals surface area contributed by atoms with E-state index in [1.165, 1.54) is 12.8 Å². The Morgan fingerprint density at radius 1 is 1.28 bits per heavy atom. The lowest BCUT2D eigenvalue weighted by molar-refractivity contribution is 0.0564. The van der Waals surface area contributed by atoms with Crippen molar-refractivity contribution in [3.05, 3.63) is 0 Å². The van der Waals surface area contributed by atoms with Crippen LogP contribution < -0.4 is 5.32 Å². The average molecular weight is 274 g/mol. The second kappa shape index (κ2) is 5.47. The van der Waals surface area contributed by atoms with E-state index in [0.29, 0.717) is 29.5 Å². The van der Waals surface area contributed by atoms with Crippen LogP contribution in [0.2, 0.25) is 0 Å². The van der Waals surface area contributed by atoms with Crippen molar-refractivity contribution in [2.75, 3.05) is 25.1 Å². The summed E-state index contributed by atoms with van der Waals surface area (Å²) in [6, 6.07) is 1.36. The highest BCUT2D eigenvalue weighted by Crippen LogP contribution is 2.34. The van der Waals surface area contributed by atoms with E-state index in [2.05, 4.69) is 31.1 Å².